The molecule has 4 rings (SSSR count). The highest BCUT2D eigenvalue weighted by atomic mass is 16.5. The fourth-order valence-corrected chi connectivity index (χ4v) is 3.19. The molecule has 0 aromatic carbocycles. The molecule has 2 N–H and O–H groups in total. The smallest absolute Gasteiger partial charge is 0.255 e. The summed E-state index contributed by atoms with van der Waals surface area (Å²) in [6, 6.07) is 9.57. The lowest BCUT2D eigenvalue weighted by atomic mass is 10.1. The molecule has 1 saturated heterocycles. The zero-order valence-corrected chi connectivity index (χ0v) is 14.6. The van der Waals surface area contributed by atoms with E-state index in [1.807, 2.05) is 43.5 Å². The Morgan fingerprint density at radius 3 is 3.12 bits per heavy atom. The van der Waals surface area contributed by atoms with E-state index in [4.69, 9.17) is 4.74 Å². The van der Waals surface area contributed by atoms with E-state index in [0.717, 1.165) is 30.7 Å². The number of nitrogens with zero attached hydrogens (tertiary/aromatic N) is 3. The summed E-state index contributed by atoms with van der Waals surface area (Å²) in [5, 5.41) is 10.8. The predicted molar refractivity (Wildman–Crippen MR) is 97.2 cm³/mol. The molecule has 0 saturated carbocycles. The van der Waals surface area contributed by atoms with E-state index in [1.54, 1.807) is 10.7 Å². The number of carbonyl (C=O) groups excluding carboxylic acids is 1. The highest BCUT2D eigenvalue weighted by Gasteiger charge is 2.22. The maximum absolute atomic E-state index is 12.7. The van der Waals surface area contributed by atoms with E-state index < -0.39 is 0 Å². The van der Waals surface area contributed by atoms with Crippen molar-refractivity contribution in [1.82, 2.24) is 25.2 Å². The molecule has 1 atom stereocenters. The number of fused-ring (bicyclic) bond motifs is 1. The average molecular weight is 351 g/mol. The van der Waals surface area contributed by atoms with Crippen LogP contribution in [0.5, 0.6) is 5.75 Å². The lowest BCUT2D eigenvalue weighted by Crippen LogP contribution is -2.36. The van der Waals surface area contributed by atoms with Crippen molar-refractivity contribution in [2.24, 2.45) is 0 Å². The Hall–Kier alpha value is -2.93. The van der Waals surface area contributed by atoms with Crippen LogP contribution in [0, 0.1) is 6.92 Å². The molecule has 0 radical (unpaired) electrons. The van der Waals surface area contributed by atoms with E-state index in [9.17, 15) is 4.79 Å². The molecule has 7 nitrogen and oxygen atoms in total. The number of amides is 1. The molecule has 134 valence electrons. The van der Waals surface area contributed by atoms with Gasteiger partial charge in [-0.15, -0.1) is 0 Å². The molecule has 0 spiro atoms. The van der Waals surface area contributed by atoms with Gasteiger partial charge in [0.1, 0.15) is 12.4 Å². The van der Waals surface area contributed by atoms with Gasteiger partial charge in [-0.25, -0.2) is 4.52 Å². The van der Waals surface area contributed by atoms with Crippen molar-refractivity contribution in [3.05, 3.63) is 59.7 Å². The minimum atomic E-state index is -0.0897. The van der Waals surface area contributed by atoms with Crippen LogP contribution in [-0.2, 0) is 6.61 Å². The van der Waals surface area contributed by atoms with Crippen molar-refractivity contribution in [1.29, 1.82) is 0 Å². The maximum atomic E-state index is 12.7. The number of aryl methyl sites for hydroxylation is 1. The molecule has 7 heteroatoms. The third-order valence-corrected chi connectivity index (χ3v) is 4.52. The third kappa shape index (κ3) is 3.39. The van der Waals surface area contributed by atoms with E-state index in [2.05, 4.69) is 20.7 Å². The van der Waals surface area contributed by atoms with Crippen LogP contribution in [0.25, 0.3) is 5.52 Å². The van der Waals surface area contributed by atoms with Gasteiger partial charge >= 0.3 is 0 Å². The Labute approximate surface area is 151 Å². The topological polar surface area (TPSA) is 80.5 Å². The molecule has 3 aromatic rings. The van der Waals surface area contributed by atoms with Gasteiger partial charge in [-0.05, 0) is 38.1 Å². The SMILES string of the molecule is Cc1nn2ccc(OCc3ccccn3)cc2c1C(=O)NC1CCNC1. The van der Waals surface area contributed by atoms with Gasteiger partial charge in [0.2, 0.25) is 0 Å². The van der Waals surface area contributed by atoms with Crippen LogP contribution in [0.4, 0.5) is 0 Å². The number of aromatic nitrogens is 3. The lowest BCUT2D eigenvalue weighted by molar-refractivity contribution is 0.0941. The molecular formula is C19H21N5O2. The van der Waals surface area contributed by atoms with Crippen molar-refractivity contribution in [3.8, 4) is 5.75 Å². The van der Waals surface area contributed by atoms with Crippen LogP contribution < -0.4 is 15.4 Å². The number of hydrogen-bond donors (Lipinski definition) is 2. The fraction of sp³-hybridized carbons (Fsp3) is 0.316. The van der Waals surface area contributed by atoms with E-state index >= 15 is 0 Å². The number of rotatable bonds is 5. The molecule has 3 aromatic heterocycles. The van der Waals surface area contributed by atoms with Crippen LogP contribution >= 0.6 is 0 Å². The van der Waals surface area contributed by atoms with Gasteiger partial charge in [-0.3, -0.25) is 9.78 Å². The zero-order chi connectivity index (χ0) is 17.9. The Kier molecular flexibility index (Phi) is 4.53. The van der Waals surface area contributed by atoms with Crippen LogP contribution in [0.15, 0.2) is 42.7 Å². The molecule has 4 heterocycles. The van der Waals surface area contributed by atoms with Crippen molar-refractivity contribution < 1.29 is 9.53 Å². The first kappa shape index (κ1) is 16.5. The minimum absolute atomic E-state index is 0.0897. The van der Waals surface area contributed by atoms with Gasteiger partial charge in [-0.2, -0.15) is 5.10 Å². The summed E-state index contributed by atoms with van der Waals surface area (Å²) in [5.41, 5.74) is 2.89. The molecule has 0 bridgehead atoms. The van der Waals surface area contributed by atoms with Gasteiger partial charge in [0.25, 0.3) is 5.91 Å². The number of nitrogens with one attached hydrogen (secondary N) is 2. The van der Waals surface area contributed by atoms with Crippen LogP contribution in [0.3, 0.4) is 0 Å². The maximum Gasteiger partial charge on any atom is 0.255 e. The quantitative estimate of drug-likeness (QED) is 0.731. The molecule has 1 amide bonds. The fourth-order valence-electron chi connectivity index (χ4n) is 3.19. The van der Waals surface area contributed by atoms with Gasteiger partial charge < -0.3 is 15.4 Å². The van der Waals surface area contributed by atoms with Crippen molar-refractivity contribution in [2.75, 3.05) is 13.1 Å². The van der Waals surface area contributed by atoms with Gasteiger partial charge in [0, 0.05) is 31.0 Å². The first-order valence-electron chi connectivity index (χ1n) is 8.74. The zero-order valence-electron chi connectivity index (χ0n) is 14.6. The first-order valence-corrected chi connectivity index (χ1v) is 8.74. The highest BCUT2D eigenvalue weighted by Crippen LogP contribution is 2.21. The van der Waals surface area contributed by atoms with Crippen LogP contribution in [-0.4, -0.2) is 39.6 Å². The highest BCUT2D eigenvalue weighted by molar-refractivity contribution is 6.02. The number of carbonyl (C=O) groups is 1. The molecule has 1 unspecified atom stereocenters. The lowest BCUT2D eigenvalue weighted by Gasteiger charge is -2.11. The molecule has 1 fully saturated rings. The van der Waals surface area contributed by atoms with E-state index in [1.165, 1.54) is 0 Å². The summed E-state index contributed by atoms with van der Waals surface area (Å²) in [4.78, 5) is 17.0. The Bertz CT molecular complexity index is 916. The summed E-state index contributed by atoms with van der Waals surface area (Å²) < 4.78 is 7.55. The molecule has 0 aliphatic carbocycles. The normalized spacial score (nSPS) is 16.7. The minimum Gasteiger partial charge on any atom is -0.487 e. The van der Waals surface area contributed by atoms with E-state index in [0.29, 0.717) is 23.6 Å². The van der Waals surface area contributed by atoms with Gasteiger partial charge in [0.05, 0.1) is 22.5 Å². The van der Waals surface area contributed by atoms with Crippen molar-refractivity contribution >= 4 is 11.4 Å². The second-order valence-corrected chi connectivity index (χ2v) is 6.43. The van der Waals surface area contributed by atoms with Crippen molar-refractivity contribution in [3.63, 3.8) is 0 Å². The summed E-state index contributed by atoms with van der Waals surface area (Å²) in [6.07, 6.45) is 4.50. The molecule has 26 heavy (non-hydrogen) atoms. The van der Waals surface area contributed by atoms with Crippen LogP contribution in [0.2, 0.25) is 0 Å². The molecule has 1 aliphatic rings. The number of pyridine rings is 2. The summed E-state index contributed by atoms with van der Waals surface area (Å²) >= 11 is 0. The first-order chi connectivity index (χ1) is 12.7. The Morgan fingerprint density at radius 1 is 1.42 bits per heavy atom. The number of ether oxygens (including phenoxy) is 1. The second kappa shape index (κ2) is 7.13. The summed E-state index contributed by atoms with van der Waals surface area (Å²) in [7, 11) is 0. The second-order valence-electron chi connectivity index (χ2n) is 6.43. The summed E-state index contributed by atoms with van der Waals surface area (Å²) in [5.74, 6) is 0.590. The number of hydrogen-bond acceptors (Lipinski definition) is 5. The van der Waals surface area contributed by atoms with E-state index in [-0.39, 0.29) is 11.9 Å². The Morgan fingerprint density at radius 2 is 2.35 bits per heavy atom. The van der Waals surface area contributed by atoms with Gasteiger partial charge in [-0.1, -0.05) is 6.07 Å². The average Bonchev–Trinajstić information content (AvgIpc) is 3.27. The largest absolute Gasteiger partial charge is 0.487 e. The van der Waals surface area contributed by atoms with Crippen LogP contribution in [0.1, 0.15) is 28.2 Å². The standard InChI is InChI=1S/C19H21N5O2/c1-13-18(19(25)22-14-5-8-20-11-14)17-10-16(6-9-24(17)23-13)26-12-15-4-2-3-7-21-15/h2-4,6-7,9-10,14,20H,5,8,11-12H2,1H3,(H,22,25). The summed E-state index contributed by atoms with van der Waals surface area (Å²) in [6.45, 7) is 3.97. The molecular weight excluding hydrogens is 330 g/mol. The third-order valence-electron chi connectivity index (χ3n) is 4.52. The Balaban J connectivity index is 1.57. The van der Waals surface area contributed by atoms with Crippen molar-refractivity contribution in [2.45, 2.75) is 26.0 Å². The monoisotopic (exact) mass is 351 g/mol. The van der Waals surface area contributed by atoms with Gasteiger partial charge in [0.15, 0.2) is 0 Å². The molecule has 1 aliphatic heterocycles. The predicted octanol–water partition coefficient (Wildman–Crippen LogP) is 1.71.